The molecule has 0 saturated heterocycles. The smallest absolute Gasteiger partial charge is 0.317 e. The van der Waals surface area contributed by atoms with Crippen molar-refractivity contribution in [3.63, 3.8) is 0 Å². The van der Waals surface area contributed by atoms with Gasteiger partial charge in [0, 0.05) is 23.2 Å². The molecular formula is C19H18F2N2O4S. The second kappa shape index (κ2) is 9.84. The van der Waals surface area contributed by atoms with Crippen LogP contribution in [0.1, 0.15) is 13.8 Å². The molecule has 28 heavy (non-hydrogen) atoms. The van der Waals surface area contributed by atoms with Crippen molar-refractivity contribution in [2.45, 2.75) is 24.8 Å². The highest BCUT2D eigenvalue weighted by molar-refractivity contribution is 8.00. The minimum absolute atomic E-state index is 0.0201. The lowest BCUT2D eigenvalue weighted by atomic mass is 10.2. The second-order valence-corrected chi connectivity index (χ2v) is 6.76. The first-order valence-corrected chi connectivity index (χ1v) is 9.19. The normalized spacial score (nSPS) is 11.4. The lowest BCUT2D eigenvalue weighted by molar-refractivity contribution is -0.150. The first kappa shape index (κ1) is 21.4. The summed E-state index contributed by atoms with van der Waals surface area (Å²) in [7, 11) is 0. The molecule has 2 rings (SSSR count). The molecule has 2 aromatic carbocycles. The molecule has 2 N–H and O–H groups in total. The maximum Gasteiger partial charge on any atom is 0.317 e. The first-order valence-electron chi connectivity index (χ1n) is 8.20. The average molecular weight is 408 g/mol. The Labute approximate surface area is 164 Å². The molecular weight excluding hydrogens is 390 g/mol. The quantitative estimate of drug-likeness (QED) is 0.540. The molecule has 0 saturated carbocycles. The number of amides is 2. The van der Waals surface area contributed by atoms with Crippen molar-refractivity contribution in [1.29, 1.82) is 0 Å². The molecule has 0 bridgehead atoms. The fourth-order valence-corrected chi connectivity index (χ4v) is 2.84. The van der Waals surface area contributed by atoms with Crippen LogP contribution in [0.4, 0.5) is 20.2 Å². The van der Waals surface area contributed by atoms with Crippen LogP contribution in [0.25, 0.3) is 0 Å². The van der Waals surface area contributed by atoms with Crippen molar-refractivity contribution >= 4 is 40.9 Å². The topological polar surface area (TPSA) is 84.5 Å². The molecule has 0 aromatic heterocycles. The third kappa shape index (κ3) is 6.66. The minimum Gasteiger partial charge on any atom is -0.452 e. The van der Waals surface area contributed by atoms with Gasteiger partial charge in [-0.1, -0.05) is 0 Å². The summed E-state index contributed by atoms with van der Waals surface area (Å²) >= 11 is 0.778. The van der Waals surface area contributed by atoms with Gasteiger partial charge >= 0.3 is 5.97 Å². The third-order valence-corrected chi connectivity index (χ3v) is 4.39. The van der Waals surface area contributed by atoms with Gasteiger partial charge in [-0.15, -0.1) is 11.8 Å². The second-order valence-electron chi connectivity index (χ2n) is 5.74. The monoisotopic (exact) mass is 408 g/mol. The van der Waals surface area contributed by atoms with E-state index in [9.17, 15) is 23.2 Å². The molecule has 2 amide bonds. The molecule has 0 aliphatic carbocycles. The highest BCUT2D eigenvalue weighted by atomic mass is 32.2. The van der Waals surface area contributed by atoms with Crippen molar-refractivity contribution in [3.8, 4) is 0 Å². The first-order chi connectivity index (χ1) is 13.2. The Morgan fingerprint density at radius 3 is 2.25 bits per heavy atom. The van der Waals surface area contributed by atoms with Crippen LogP contribution in [0.3, 0.4) is 0 Å². The Kier molecular flexibility index (Phi) is 7.51. The Morgan fingerprint density at radius 2 is 1.64 bits per heavy atom. The van der Waals surface area contributed by atoms with Gasteiger partial charge < -0.3 is 15.4 Å². The minimum atomic E-state index is -1.08. The van der Waals surface area contributed by atoms with E-state index in [1.54, 1.807) is 24.3 Å². The largest absolute Gasteiger partial charge is 0.452 e. The standard InChI is InChI=1S/C19H18F2N2O4S/c1-11(19(26)23-15-6-4-14(5-7-15)22-12(2)24)27-18(25)10-28-17-9-13(20)3-8-16(17)21/h3-9,11H,10H2,1-2H3,(H,22,24)(H,23,26)/t11-/m0/s1. The van der Waals surface area contributed by atoms with Gasteiger partial charge in [0.05, 0.1) is 5.75 Å². The van der Waals surface area contributed by atoms with Gasteiger partial charge in [0.15, 0.2) is 6.10 Å². The summed E-state index contributed by atoms with van der Waals surface area (Å²) in [6.07, 6.45) is -1.08. The SMILES string of the molecule is CC(=O)Nc1ccc(NC(=O)[C@H](C)OC(=O)CSc2cc(F)ccc2F)cc1. The van der Waals surface area contributed by atoms with Crippen LogP contribution in [-0.2, 0) is 19.1 Å². The molecule has 0 aliphatic rings. The van der Waals surface area contributed by atoms with Crippen molar-refractivity contribution in [2.75, 3.05) is 16.4 Å². The Bertz CT molecular complexity index is 875. The number of ether oxygens (including phenoxy) is 1. The molecule has 2 aromatic rings. The molecule has 148 valence electrons. The van der Waals surface area contributed by atoms with Gasteiger partial charge in [0.2, 0.25) is 5.91 Å². The van der Waals surface area contributed by atoms with Crippen molar-refractivity contribution in [2.24, 2.45) is 0 Å². The maximum atomic E-state index is 13.5. The number of benzene rings is 2. The van der Waals surface area contributed by atoms with Crippen LogP contribution in [0.15, 0.2) is 47.4 Å². The van der Waals surface area contributed by atoms with Gasteiger partial charge in [-0.25, -0.2) is 8.78 Å². The van der Waals surface area contributed by atoms with Crippen LogP contribution in [0.5, 0.6) is 0 Å². The van der Waals surface area contributed by atoms with Gasteiger partial charge in [0.1, 0.15) is 11.6 Å². The number of halogens is 2. The Hall–Kier alpha value is -2.94. The summed E-state index contributed by atoms with van der Waals surface area (Å²) in [4.78, 5) is 34.9. The Balaban J connectivity index is 1.83. The van der Waals surface area contributed by atoms with E-state index in [0.29, 0.717) is 11.4 Å². The molecule has 0 radical (unpaired) electrons. The number of carbonyl (C=O) groups is 3. The van der Waals surface area contributed by atoms with Crippen LogP contribution in [0.2, 0.25) is 0 Å². The van der Waals surface area contributed by atoms with E-state index >= 15 is 0 Å². The van der Waals surface area contributed by atoms with E-state index in [0.717, 1.165) is 30.0 Å². The molecule has 0 aliphatic heterocycles. The molecule has 1 atom stereocenters. The number of thioether (sulfide) groups is 1. The Morgan fingerprint density at radius 1 is 1.04 bits per heavy atom. The molecule has 9 heteroatoms. The average Bonchev–Trinajstić information content (AvgIpc) is 2.63. The molecule has 0 unspecified atom stereocenters. The van der Waals surface area contributed by atoms with Gasteiger partial charge in [0.25, 0.3) is 5.91 Å². The highest BCUT2D eigenvalue weighted by Crippen LogP contribution is 2.23. The summed E-state index contributed by atoms with van der Waals surface area (Å²) in [6.45, 7) is 2.78. The van der Waals surface area contributed by atoms with E-state index in [-0.39, 0.29) is 16.6 Å². The van der Waals surface area contributed by atoms with Crippen molar-refractivity contribution < 1.29 is 27.9 Å². The predicted molar refractivity (Wildman–Crippen MR) is 102 cm³/mol. The number of esters is 1. The van der Waals surface area contributed by atoms with Gasteiger partial charge in [-0.05, 0) is 49.4 Å². The van der Waals surface area contributed by atoms with E-state index < -0.39 is 29.6 Å². The maximum absolute atomic E-state index is 13.5. The van der Waals surface area contributed by atoms with Crippen LogP contribution >= 0.6 is 11.8 Å². The summed E-state index contributed by atoms with van der Waals surface area (Å²) in [5.74, 6) is -3.04. The van der Waals surface area contributed by atoms with E-state index in [1.165, 1.54) is 13.8 Å². The summed E-state index contributed by atoms with van der Waals surface area (Å²) in [6, 6.07) is 9.31. The van der Waals surface area contributed by atoms with Crippen molar-refractivity contribution in [3.05, 3.63) is 54.1 Å². The molecule has 0 fully saturated rings. The summed E-state index contributed by atoms with van der Waals surface area (Å²) in [5.41, 5.74) is 1.03. The summed E-state index contributed by atoms with van der Waals surface area (Å²) < 4.78 is 31.6. The fraction of sp³-hybridized carbons (Fsp3) is 0.211. The van der Waals surface area contributed by atoms with Crippen molar-refractivity contribution in [1.82, 2.24) is 0 Å². The van der Waals surface area contributed by atoms with Crippen LogP contribution < -0.4 is 10.6 Å². The molecule has 6 nitrogen and oxygen atoms in total. The van der Waals surface area contributed by atoms with Crippen LogP contribution in [-0.4, -0.2) is 29.6 Å². The number of rotatable bonds is 7. The van der Waals surface area contributed by atoms with Gasteiger partial charge in [-0.3, -0.25) is 14.4 Å². The third-order valence-electron chi connectivity index (χ3n) is 3.39. The fourth-order valence-electron chi connectivity index (χ4n) is 2.09. The van der Waals surface area contributed by atoms with Gasteiger partial charge in [-0.2, -0.15) is 0 Å². The van der Waals surface area contributed by atoms with E-state index in [1.807, 2.05) is 0 Å². The molecule has 0 spiro atoms. The number of nitrogens with one attached hydrogen (secondary N) is 2. The lowest BCUT2D eigenvalue weighted by Crippen LogP contribution is -2.30. The summed E-state index contributed by atoms with van der Waals surface area (Å²) in [5, 5.41) is 5.17. The zero-order valence-electron chi connectivity index (χ0n) is 15.1. The predicted octanol–water partition coefficient (Wildman–Crippen LogP) is 3.59. The highest BCUT2D eigenvalue weighted by Gasteiger charge is 2.18. The van der Waals surface area contributed by atoms with Crippen LogP contribution in [0, 0.1) is 11.6 Å². The number of hydrogen-bond acceptors (Lipinski definition) is 5. The van der Waals surface area contributed by atoms with E-state index in [2.05, 4.69) is 10.6 Å². The zero-order valence-corrected chi connectivity index (χ0v) is 15.9. The number of carbonyl (C=O) groups excluding carboxylic acids is 3. The zero-order chi connectivity index (χ0) is 20.7. The molecule has 0 heterocycles. The van der Waals surface area contributed by atoms with E-state index in [4.69, 9.17) is 4.74 Å². The number of anilines is 2. The number of hydrogen-bond donors (Lipinski definition) is 2. The lowest BCUT2D eigenvalue weighted by Gasteiger charge is -2.14.